The van der Waals surface area contributed by atoms with Crippen LogP contribution in [0.2, 0.25) is 10.0 Å². The van der Waals surface area contributed by atoms with Crippen molar-refractivity contribution >= 4 is 40.0 Å². The molecule has 0 fully saturated rings. The molecular formula is C16H20Cl2N2O2. The van der Waals surface area contributed by atoms with Crippen molar-refractivity contribution in [1.29, 1.82) is 0 Å². The maximum absolute atomic E-state index is 11.5. The number of hydrogen-bond donors (Lipinski definition) is 2. The highest BCUT2D eigenvalue weighted by molar-refractivity contribution is 6.46. The lowest BCUT2D eigenvalue weighted by Gasteiger charge is -2.16. The van der Waals surface area contributed by atoms with Crippen LogP contribution in [0.25, 0.3) is 10.9 Å². The Labute approximate surface area is 140 Å². The molecule has 120 valence electrons. The number of amides is 1. The van der Waals surface area contributed by atoms with Crippen molar-refractivity contribution in [2.45, 2.75) is 32.6 Å². The normalized spacial score (nSPS) is 12.4. The third-order valence-electron chi connectivity index (χ3n) is 3.88. The molecule has 1 unspecified atom stereocenters. The molecule has 2 N–H and O–H groups in total. The van der Waals surface area contributed by atoms with Gasteiger partial charge < -0.3 is 15.0 Å². The first-order valence-corrected chi connectivity index (χ1v) is 8.08. The van der Waals surface area contributed by atoms with E-state index in [-0.39, 0.29) is 11.8 Å². The highest BCUT2D eigenvalue weighted by Gasteiger charge is 2.19. The Morgan fingerprint density at radius 1 is 1.36 bits per heavy atom. The lowest BCUT2D eigenvalue weighted by Crippen LogP contribution is -2.27. The molecule has 22 heavy (non-hydrogen) atoms. The average Bonchev–Trinajstić information content (AvgIpc) is 2.95. The molecule has 0 aliphatic heterocycles. The van der Waals surface area contributed by atoms with Gasteiger partial charge in [-0.2, -0.15) is 0 Å². The molecule has 0 bridgehead atoms. The van der Waals surface area contributed by atoms with Crippen LogP contribution in [0.1, 0.15) is 38.2 Å². The van der Waals surface area contributed by atoms with Crippen molar-refractivity contribution in [2.75, 3.05) is 13.7 Å². The molecule has 4 nitrogen and oxygen atoms in total. The number of methoxy groups -OCH3 is 1. The van der Waals surface area contributed by atoms with Crippen LogP contribution in [-0.4, -0.2) is 24.5 Å². The molecular weight excluding hydrogens is 323 g/mol. The lowest BCUT2D eigenvalue weighted by atomic mass is 9.95. The van der Waals surface area contributed by atoms with Crippen molar-refractivity contribution in [2.24, 2.45) is 0 Å². The molecule has 1 amide bonds. The maximum atomic E-state index is 11.5. The first-order valence-electron chi connectivity index (χ1n) is 7.33. The fraction of sp³-hybridized carbons (Fsp3) is 0.438. The molecule has 0 aliphatic carbocycles. The van der Waals surface area contributed by atoms with E-state index in [2.05, 4.69) is 17.2 Å². The fourth-order valence-corrected chi connectivity index (χ4v) is 3.00. The van der Waals surface area contributed by atoms with Crippen LogP contribution in [0.4, 0.5) is 0 Å². The van der Waals surface area contributed by atoms with Crippen LogP contribution in [0, 0.1) is 0 Å². The van der Waals surface area contributed by atoms with Gasteiger partial charge in [0.1, 0.15) is 10.8 Å². The number of fused-ring (bicyclic) bond motifs is 1. The Morgan fingerprint density at radius 2 is 2.09 bits per heavy atom. The van der Waals surface area contributed by atoms with E-state index in [1.165, 1.54) is 0 Å². The van der Waals surface area contributed by atoms with Crippen LogP contribution < -0.4 is 10.1 Å². The predicted octanol–water partition coefficient (Wildman–Crippen LogP) is 4.50. The zero-order valence-electron chi connectivity index (χ0n) is 12.9. The highest BCUT2D eigenvalue weighted by Crippen LogP contribution is 2.40. The van der Waals surface area contributed by atoms with E-state index in [0.717, 1.165) is 22.9 Å². The molecule has 2 aromatic rings. The molecule has 0 spiro atoms. The standard InChI is InChI=1S/C16H20Cl2N2O2/c1-4-9(7-19-13(21)5-2)11-8-20-16-10(11)6-12(22-3)14(17)15(16)18/h6,8-9,20H,4-5,7H2,1-3H3,(H,19,21). The summed E-state index contributed by atoms with van der Waals surface area (Å²) in [6.07, 6.45) is 3.32. The number of carbonyl (C=O) groups is 1. The average molecular weight is 343 g/mol. The summed E-state index contributed by atoms with van der Waals surface area (Å²) in [7, 11) is 1.56. The third kappa shape index (κ3) is 3.18. The summed E-state index contributed by atoms with van der Waals surface area (Å²) in [6, 6.07) is 1.89. The third-order valence-corrected chi connectivity index (χ3v) is 4.73. The van der Waals surface area contributed by atoms with E-state index in [9.17, 15) is 4.79 Å². The number of nitrogens with one attached hydrogen (secondary N) is 2. The van der Waals surface area contributed by atoms with E-state index < -0.39 is 0 Å². The van der Waals surface area contributed by atoms with Gasteiger partial charge >= 0.3 is 0 Å². The topological polar surface area (TPSA) is 54.1 Å². The molecule has 2 rings (SSSR count). The van der Waals surface area contributed by atoms with Crippen LogP contribution in [0.5, 0.6) is 5.75 Å². The van der Waals surface area contributed by atoms with Gasteiger partial charge in [0.2, 0.25) is 5.91 Å². The van der Waals surface area contributed by atoms with Gasteiger partial charge in [-0.1, -0.05) is 37.0 Å². The summed E-state index contributed by atoms with van der Waals surface area (Å²) in [5.41, 5.74) is 1.90. The summed E-state index contributed by atoms with van der Waals surface area (Å²) in [5.74, 6) is 0.801. The Morgan fingerprint density at radius 3 is 2.68 bits per heavy atom. The molecule has 1 atom stereocenters. The number of benzene rings is 1. The maximum Gasteiger partial charge on any atom is 0.219 e. The van der Waals surface area contributed by atoms with Crippen molar-refractivity contribution in [3.63, 3.8) is 0 Å². The number of aromatic amines is 1. The Bertz CT molecular complexity index is 682. The number of hydrogen-bond acceptors (Lipinski definition) is 2. The summed E-state index contributed by atoms with van der Waals surface area (Å²) in [5, 5.41) is 4.78. The van der Waals surface area contributed by atoms with Gasteiger partial charge in [0, 0.05) is 30.5 Å². The smallest absolute Gasteiger partial charge is 0.219 e. The summed E-state index contributed by atoms with van der Waals surface area (Å²) in [4.78, 5) is 14.7. The van der Waals surface area contributed by atoms with Gasteiger partial charge in [0.15, 0.2) is 0 Å². The van der Waals surface area contributed by atoms with Crippen molar-refractivity contribution in [3.8, 4) is 5.75 Å². The number of aromatic nitrogens is 1. The van der Waals surface area contributed by atoms with Crippen LogP contribution in [0.15, 0.2) is 12.3 Å². The van der Waals surface area contributed by atoms with Crippen molar-refractivity contribution < 1.29 is 9.53 Å². The van der Waals surface area contributed by atoms with Gasteiger partial charge in [-0.15, -0.1) is 0 Å². The fourth-order valence-electron chi connectivity index (χ4n) is 2.52. The molecule has 0 saturated carbocycles. The minimum atomic E-state index is 0.0527. The molecule has 1 heterocycles. The Balaban J connectivity index is 2.41. The van der Waals surface area contributed by atoms with Crippen molar-refractivity contribution in [1.82, 2.24) is 10.3 Å². The second-order valence-corrected chi connectivity index (χ2v) is 5.89. The van der Waals surface area contributed by atoms with Gasteiger partial charge in [0.25, 0.3) is 0 Å². The molecule has 0 saturated heterocycles. The Kier molecular flexibility index (Phi) is 5.59. The van der Waals surface area contributed by atoms with E-state index in [1.54, 1.807) is 7.11 Å². The largest absolute Gasteiger partial charge is 0.495 e. The molecule has 0 radical (unpaired) electrons. The SMILES string of the molecule is CCC(=O)NCC(CC)c1c[nH]c2c(Cl)c(Cl)c(OC)cc12. The van der Waals surface area contributed by atoms with Gasteiger partial charge in [-0.05, 0) is 18.1 Å². The van der Waals surface area contributed by atoms with Gasteiger partial charge in [0.05, 0.1) is 17.6 Å². The number of halogens is 2. The number of rotatable bonds is 6. The van der Waals surface area contributed by atoms with Crippen molar-refractivity contribution in [3.05, 3.63) is 27.9 Å². The summed E-state index contributed by atoms with van der Waals surface area (Å²) < 4.78 is 5.29. The zero-order valence-corrected chi connectivity index (χ0v) is 14.4. The first-order chi connectivity index (χ1) is 10.5. The lowest BCUT2D eigenvalue weighted by molar-refractivity contribution is -0.120. The molecule has 1 aromatic carbocycles. The molecule has 1 aromatic heterocycles. The first kappa shape index (κ1) is 17.0. The Hall–Kier alpha value is -1.39. The summed E-state index contributed by atoms with van der Waals surface area (Å²) in [6.45, 7) is 4.53. The summed E-state index contributed by atoms with van der Waals surface area (Å²) >= 11 is 12.5. The minimum absolute atomic E-state index is 0.0527. The van der Waals surface area contributed by atoms with E-state index >= 15 is 0 Å². The highest BCUT2D eigenvalue weighted by atomic mass is 35.5. The van der Waals surface area contributed by atoms with Crippen LogP contribution in [-0.2, 0) is 4.79 Å². The van der Waals surface area contributed by atoms with Crippen LogP contribution >= 0.6 is 23.2 Å². The van der Waals surface area contributed by atoms with Gasteiger partial charge in [-0.25, -0.2) is 0 Å². The second-order valence-electron chi connectivity index (χ2n) is 5.14. The van der Waals surface area contributed by atoms with E-state index in [4.69, 9.17) is 27.9 Å². The van der Waals surface area contributed by atoms with E-state index in [1.807, 2.05) is 19.2 Å². The van der Waals surface area contributed by atoms with Gasteiger partial charge in [-0.3, -0.25) is 4.79 Å². The number of H-pyrrole nitrogens is 1. The van der Waals surface area contributed by atoms with Crippen LogP contribution in [0.3, 0.4) is 0 Å². The monoisotopic (exact) mass is 342 g/mol. The number of ether oxygens (including phenoxy) is 1. The predicted molar refractivity (Wildman–Crippen MR) is 91.2 cm³/mol. The minimum Gasteiger partial charge on any atom is -0.495 e. The van der Waals surface area contributed by atoms with E-state index in [0.29, 0.717) is 28.8 Å². The quantitative estimate of drug-likeness (QED) is 0.811. The zero-order chi connectivity index (χ0) is 16.3. The number of carbonyl (C=O) groups excluding carboxylic acids is 1. The molecule has 6 heteroatoms. The molecule has 0 aliphatic rings. The second kappa shape index (κ2) is 7.25.